The molecule has 0 spiro atoms. The number of hydrogen-bond donors (Lipinski definition) is 2. The predicted octanol–water partition coefficient (Wildman–Crippen LogP) is 1.48. The molecule has 1 aliphatic rings. The van der Waals surface area contributed by atoms with Crippen LogP contribution in [-0.2, 0) is 17.9 Å². The molecule has 1 fully saturated rings. The molecule has 0 bridgehead atoms. The first-order valence-electron chi connectivity index (χ1n) is 7.91. The minimum absolute atomic E-state index is 0.0601. The van der Waals surface area contributed by atoms with Crippen molar-refractivity contribution >= 4 is 5.91 Å². The molecule has 23 heavy (non-hydrogen) atoms. The zero-order valence-corrected chi connectivity index (χ0v) is 13.5. The van der Waals surface area contributed by atoms with Crippen molar-refractivity contribution in [2.24, 2.45) is 0 Å². The number of nitrogens with one attached hydrogen (secondary N) is 2. The van der Waals surface area contributed by atoms with Gasteiger partial charge in [0.15, 0.2) is 0 Å². The van der Waals surface area contributed by atoms with Crippen molar-refractivity contribution in [3.05, 3.63) is 41.2 Å². The van der Waals surface area contributed by atoms with E-state index in [0.717, 1.165) is 43.0 Å². The number of aromatic amines is 1. The van der Waals surface area contributed by atoms with Crippen molar-refractivity contribution < 1.29 is 4.79 Å². The molecule has 1 saturated heterocycles. The highest BCUT2D eigenvalue weighted by molar-refractivity contribution is 5.72. The number of likely N-dealkylation sites (tertiary alicyclic amines) is 1. The summed E-state index contributed by atoms with van der Waals surface area (Å²) in [5.41, 5.74) is 4.11. The third kappa shape index (κ3) is 3.73. The van der Waals surface area contributed by atoms with Gasteiger partial charge in [-0.15, -0.1) is 0 Å². The fourth-order valence-corrected chi connectivity index (χ4v) is 2.99. The number of rotatable bonds is 5. The van der Waals surface area contributed by atoms with Crippen LogP contribution >= 0.6 is 0 Å². The first-order chi connectivity index (χ1) is 11.1. The molecule has 2 aromatic heterocycles. The Bertz CT molecular complexity index is 683. The molecule has 1 unspecified atom stereocenters. The van der Waals surface area contributed by atoms with Gasteiger partial charge < -0.3 is 5.32 Å². The monoisotopic (exact) mass is 314 g/mol. The van der Waals surface area contributed by atoms with Gasteiger partial charge in [0.2, 0.25) is 5.91 Å². The van der Waals surface area contributed by atoms with E-state index >= 15 is 0 Å². The summed E-state index contributed by atoms with van der Waals surface area (Å²) in [6.07, 6.45) is 7.67. The van der Waals surface area contributed by atoms with Crippen molar-refractivity contribution in [1.82, 2.24) is 30.4 Å². The number of carbonyl (C=O) groups excluding carboxylic acids is 1. The van der Waals surface area contributed by atoms with Gasteiger partial charge in [-0.25, -0.2) is 0 Å². The van der Waals surface area contributed by atoms with Gasteiger partial charge in [-0.1, -0.05) is 0 Å². The molecule has 3 rings (SSSR count). The van der Waals surface area contributed by atoms with Crippen molar-refractivity contribution in [1.29, 1.82) is 0 Å². The molecule has 1 atom stereocenters. The van der Waals surface area contributed by atoms with Crippen molar-refractivity contribution in [2.75, 3.05) is 6.54 Å². The maximum Gasteiger partial charge on any atom is 0.217 e. The summed E-state index contributed by atoms with van der Waals surface area (Å²) in [4.78, 5) is 22.4. The molecule has 7 nitrogen and oxygen atoms in total. The minimum atomic E-state index is -0.0601. The number of aromatic nitrogens is 4. The van der Waals surface area contributed by atoms with Gasteiger partial charge in [0.25, 0.3) is 0 Å². The van der Waals surface area contributed by atoms with Crippen LogP contribution in [0.1, 0.15) is 48.5 Å². The molecule has 122 valence electrons. The van der Waals surface area contributed by atoms with Crippen LogP contribution in [0.4, 0.5) is 0 Å². The van der Waals surface area contributed by atoms with Crippen LogP contribution in [0, 0.1) is 6.92 Å². The summed E-state index contributed by atoms with van der Waals surface area (Å²) in [7, 11) is 0. The Kier molecular flexibility index (Phi) is 4.66. The van der Waals surface area contributed by atoms with Gasteiger partial charge in [0.05, 0.1) is 42.6 Å². The molecule has 1 amide bonds. The fraction of sp³-hybridized carbons (Fsp3) is 0.500. The largest absolute Gasteiger partial charge is 0.351 e. The Morgan fingerprint density at radius 3 is 3.04 bits per heavy atom. The van der Waals surface area contributed by atoms with Gasteiger partial charge in [0, 0.05) is 24.7 Å². The van der Waals surface area contributed by atoms with Gasteiger partial charge in [-0.05, 0) is 26.3 Å². The van der Waals surface area contributed by atoms with Gasteiger partial charge in [-0.2, -0.15) is 5.10 Å². The summed E-state index contributed by atoms with van der Waals surface area (Å²) in [5.74, 6) is -0.0601. The van der Waals surface area contributed by atoms with E-state index in [1.807, 2.05) is 19.3 Å². The Balaban J connectivity index is 1.73. The minimum Gasteiger partial charge on any atom is -0.351 e. The number of H-pyrrole nitrogens is 1. The molecule has 1 aliphatic heterocycles. The SMILES string of the molecule is CC(=O)NCc1cncc(C2CCCN2Cc2cn[nH]c2C)n1. The summed E-state index contributed by atoms with van der Waals surface area (Å²) < 4.78 is 0. The molecule has 0 radical (unpaired) electrons. The Morgan fingerprint density at radius 1 is 1.43 bits per heavy atom. The number of hydrogen-bond acceptors (Lipinski definition) is 5. The molecule has 3 heterocycles. The van der Waals surface area contributed by atoms with E-state index in [0.29, 0.717) is 6.54 Å². The molecule has 2 aromatic rings. The maximum atomic E-state index is 11.0. The average Bonchev–Trinajstić information content (AvgIpc) is 3.16. The summed E-state index contributed by atoms with van der Waals surface area (Å²) >= 11 is 0. The summed E-state index contributed by atoms with van der Waals surface area (Å²) in [6, 6.07) is 0.272. The second-order valence-electron chi connectivity index (χ2n) is 5.99. The molecule has 7 heteroatoms. The molecular weight excluding hydrogens is 292 g/mol. The highest BCUT2D eigenvalue weighted by Crippen LogP contribution is 2.32. The molecule has 0 aromatic carbocycles. The first kappa shape index (κ1) is 15.6. The van der Waals surface area contributed by atoms with Crippen LogP contribution in [0.2, 0.25) is 0 Å². The lowest BCUT2D eigenvalue weighted by atomic mass is 10.1. The van der Waals surface area contributed by atoms with E-state index in [1.165, 1.54) is 12.5 Å². The van der Waals surface area contributed by atoms with Gasteiger partial charge in [0.1, 0.15) is 0 Å². The van der Waals surface area contributed by atoms with Crippen LogP contribution in [0.15, 0.2) is 18.6 Å². The number of carbonyl (C=O) groups is 1. The zero-order valence-electron chi connectivity index (χ0n) is 13.5. The van der Waals surface area contributed by atoms with E-state index < -0.39 is 0 Å². The third-order valence-corrected chi connectivity index (χ3v) is 4.23. The predicted molar refractivity (Wildman–Crippen MR) is 85.3 cm³/mol. The van der Waals surface area contributed by atoms with Gasteiger partial charge >= 0.3 is 0 Å². The quantitative estimate of drug-likeness (QED) is 0.873. The summed E-state index contributed by atoms with van der Waals surface area (Å²) in [6.45, 7) is 5.88. The molecule has 0 saturated carbocycles. The van der Waals surface area contributed by atoms with Gasteiger partial charge in [-0.3, -0.25) is 24.8 Å². The lowest BCUT2D eigenvalue weighted by Crippen LogP contribution is -2.25. The second-order valence-corrected chi connectivity index (χ2v) is 5.99. The second kappa shape index (κ2) is 6.87. The van der Waals surface area contributed by atoms with Crippen molar-refractivity contribution in [2.45, 2.75) is 45.8 Å². The smallest absolute Gasteiger partial charge is 0.217 e. The average molecular weight is 314 g/mol. The third-order valence-electron chi connectivity index (χ3n) is 4.23. The van der Waals surface area contributed by atoms with Crippen molar-refractivity contribution in [3.8, 4) is 0 Å². The standard InChI is InChI=1S/C16H22N6O/c1-11-13(6-19-21-11)10-22-5-3-4-16(22)15-9-17-7-14(20-15)8-18-12(2)23/h6-7,9,16H,3-5,8,10H2,1-2H3,(H,18,23)(H,19,21). The maximum absolute atomic E-state index is 11.0. The van der Waals surface area contributed by atoms with Crippen molar-refractivity contribution in [3.63, 3.8) is 0 Å². The number of nitrogens with zero attached hydrogens (tertiary/aromatic N) is 4. The zero-order chi connectivity index (χ0) is 16.2. The molecule has 0 aliphatic carbocycles. The van der Waals surface area contributed by atoms with Crippen LogP contribution in [0.25, 0.3) is 0 Å². The van der Waals surface area contributed by atoms with E-state index in [2.05, 4.69) is 30.4 Å². The van der Waals surface area contributed by atoms with Crippen LogP contribution in [0.5, 0.6) is 0 Å². The first-order valence-corrected chi connectivity index (χ1v) is 7.91. The fourth-order valence-electron chi connectivity index (χ4n) is 2.99. The van der Waals surface area contributed by atoms with E-state index in [9.17, 15) is 4.79 Å². The molecular formula is C16H22N6O. The van der Waals surface area contributed by atoms with Crippen LogP contribution in [-0.4, -0.2) is 37.5 Å². The van der Waals surface area contributed by atoms with E-state index in [4.69, 9.17) is 0 Å². The lowest BCUT2D eigenvalue weighted by molar-refractivity contribution is -0.119. The highest BCUT2D eigenvalue weighted by Gasteiger charge is 2.28. The number of amides is 1. The lowest BCUT2D eigenvalue weighted by Gasteiger charge is -2.23. The normalized spacial score (nSPS) is 18.3. The highest BCUT2D eigenvalue weighted by atomic mass is 16.1. The number of aryl methyl sites for hydroxylation is 1. The Hall–Kier alpha value is -2.28. The Labute approximate surface area is 135 Å². The van der Waals surface area contributed by atoms with E-state index in [-0.39, 0.29) is 11.9 Å². The van der Waals surface area contributed by atoms with E-state index in [1.54, 1.807) is 6.20 Å². The Morgan fingerprint density at radius 2 is 2.30 bits per heavy atom. The summed E-state index contributed by atoms with van der Waals surface area (Å²) in [5, 5.41) is 9.85. The van der Waals surface area contributed by atoms with Crippen LogP contribution < -0.4 is 5.32 Å². The van der Waals surface area contributed by atoms with Crippen LogP contribution in [0.3, 0.4) is 0 Å². The topological polar surface area (TPSA) is 86.8 Å². The molecule has 2 N–H and O–H groups in total.